The number of thioether (sulfide) groups is 1. The van der Waals surface area contributed by atoms with E-state index in [1.54, 1.807) is 12.1 Å². The second-order valence-corrected chi connectivity index (χ2v) is 6.02. The molecule has 3 rings (SSSR count). The van der Waals surface area contributed by atoms with E-state index in [1.807, 2.05) is 11.8 Å². The highest BCUT2D eigenvalue weighted by molar-refractivity contribution is 7.99. The van der Waals surface area contributed by atoms with E-state index in [1.165, 1.54) is 16.5 Å². The molecule has 1 nitrogen and oxygen atoms in total. The van der Waals surface area contributed by atoms with Crippen molar-refractivity contribution >= 4 is 29.1 Å². The third kappa shape index (κ3) is 2.72. The molecular weight excluding hydrogens is 281 g/mol. The molecule has 0 saturated heterocycles. The SMILES string of the molecule is Fc1cc(NCC2CSc3ccccc32)ccc1Cl. The fourth-order valence-electron chi connectivity index (χ4n) is 2.25. The molecule has 0 fully saturated rings. The first-order valence-corrected chi connectivity index (χ1v) is 7.51. The van der Waals surface area contributed by atoms with Gasteiger partial charge in [0.25, 0.3) is 0 Å². The molecule has 98 valence electrons. The summed E-state index contributed by atoms with van der Waals surface area (Å²) in [6.45, 7) is 0.811. The lowest BCUT2D eigenvalue weighted by molar-refractivity contribution is 0.628. The summed E-state index contributed by atoms with van der Waals surface area (Å²) in [7, 11) is 0. The predicted molar refractivity (Wildman–Crippen MR) is 79.8 cm³/mol. The van der Waals surface area contributed by atoms with E-state index in [4.69, 9.17) is 11.6 Å². The maximum atomic E-state index is 13.3. The van der Waals surface area contributed by atoms with Crippen LogP contribution in [-0.4, -0.2) is 12.3 Å². The molecule has 0 aromatic heterocycles. The Labute approximate surface area is 121 Å². The van der Waals surface area contributed by atoms with E-state index >= 15 is 0 Å². The minimum atomic E-state index is -0.382. The Morgan fingerprint density at radius 1 is 1.26 bits per heavy atom. The van der Waals surface area contributed by atoms with Crippen molar-refractivity contribution in [2.45, 2.75) is 10.8 Å². The van der Waals surface area contributed by atoms with Crippen LogP contribution in [0, 0.1) is 5.82 Å². The van der Waals surface area contributed by atoms with Gasteiger partial charge in [-0.2, -0.15) is 0 Å². The molecular formula is C15H13ClFNS. The van der Waals surface area contributed by atoms with Crippen LogP contribution in [-0.2, 0) is 0 Å². The van der Waals surface area contributed by atoms with E-state index in [-0.39, 0.29) is 10.8 Å². The van der Waals surface area contributed by atoms with Gasteiger partial charge < -0.3 is 5.32 Å². The molecule has 1 atom stereocenters. The maximum absolute atomic E-state index is 13.3. The first-order valence-electron chi connectivity index (χ1n) is 6.14. The molecule has 1 N–H and O–H groups in total. The van der Waals surface area contributed by atoms with Gasteiger partial charge in [0.15, 0.2) is 0 Å². The molecule has 0 spiro atoms. The highest BCUT2D eigenvalue weighted by Crippen LogP contribution is 2.39. The van der Waals surface area contributed by atoms with Crippen LogP contribution >= 0.6 is 23.4 Å². The van der Waals surface area contributed by atoms with Gasteiger partial charge in [-0.15, -0.1) is 11.8 Å². The molecule has 4 heteroatoms. The topological polar surface area (TPSA) is 12.0 Å². The van der Waals surface area contributed by atoms with Crippen LogP contribution in [0.1, 0.15) is 11.5 Å². The Hall–Kier alpha value is -1.19. The Balaban J connectivity index is 1.69. The maximum Gasteiger partial charge on any atom is 0.143 e. The number of hydrogen-bond acceptors (Lipinski definition) is 2. The molecule has 1 heterocycles. The van der Waals surface area contributed by atoms with E-state index < -0.39 is 0 Å². The average Bonchev–Trinajstić information content (AvgIpc) is 2.83. The normalized spacial score (nSPS) is 17.3. The van der Waals surface area contributed by atoms with Crippen LogP contribution in [0.2, 0.25) is 5.02 Å². The van der Waals surface area contributed by atoms with Crippen LogP contribution in [0.5, 0.6) is 0 Å². The number of nitrogens with one attached hydrogen (secondary N) is 1. The minimum absolute atomic E-state index is 0.160. The van der Waals surface area contributed by atoms with Crippen molar-refractivity contribution in [1.29, 1.82) is 0 Å². The summed E-state index contributed by atoms with van der Waals surface area (Å²) in [5.41, 5.74) is 2.16. The molecule has 0 aliphatic carbocycles. The van der Waals surface area contributed by atoms with Crippen LogP contribution < -0.4 is 5.32 Å². The van der Waals surface area contributed by atoms with Crippen LogP contribution in [0.15, 0.2) is 47.4 Å². The number of benzene rings is 2. The number of rotatable bonds is 3. The van der Waals surface area contributed by atoms with Gasteiger partial charge in [0.05, 0.1) is 5.02 Å². The van der Waals surface area contributed by atoms with Crippen molar-refractivity contribution in [3.8, 4) is 0 Å². The number of fused-ring (bicyclic) bond motifs is 1. The van der Waals surface area contributed by atoms with Crippen molar-refractivity contribution in [2.75, 3.05) is 17.6 Å². The highest BCUT2D eigenvalue weighted by atomic mass is 35.5. The van der Waals surface area contributed by atoms with E-state index in [2.05, 4.69) is 29.6 Å². The summed E-state index contributed by atoms with van der Waals surface area (Å²) in [6, 6.07) is 13.3. The van der Waals surface area contributed by atoms with E-state index in [0.717, 1.165) is 18.0 Å². The summed E-state index contributed by atoms with van der Waals surface area (Å²) in [6.07, 6.45) is 0. The monoisotopic (exact) mass is 293 g/mol. The lowest BCUT2D eigenvalue weighted by Crippen LogP contribution is -2.12. The number of hydrogen-bond donors (Lipinski definition) is 1. The zero-order valence-corrected chi connectivity index (χ0v) is 11.8. The molecule has 2 aromatic rings. The van der Waals surface area contributed by atoms with Crippen molar-refractivity contribution in [3.05, 3.63) is 58.9 Å². The summed E-state index contributed by atoms with van der Waals surface area (Å²) < 4.78 is 13.3. The predicted octanol–water partition coefficient (Wildman–Crippen LogP) is 4.78. The lowest BCUT2D eigenvalue weighted by Gasteiger charge is -2.13. The zero-order valence-electron chi connectivity index (χ0n) is 10.2. The second kappa shape index (κ2) is 5.43. The van der Waals surface area contributed by atoms with Gasteiger partial charge in [0.1, 0.15) is 5.82 Å². The van der Waals surface area contributed by atoms with Gasteiger partial charge in [-0.3, -0.25) is 0 Å². The van der Waals surface area contributed by atoms with Gasteiger partial charge in [-0.1, -0.05) is 29.8 Å². The number of halogens is 2. The molecule has 19 heavy (non-hydrogen) atoms. The zero-order chi connectivity index (χ0) is 13.2. The fourth-order valence-corrected chi connectivity index (χ4v) is 3.62. The Morgan fingerprint density at radius 2 is 2.11 bits per heavy atom. The smallest absolute Gasteiger partial charge is 0.143 e. The van der Waals surface area contributed by atoms with Gasteiger partial charge in [-0.05, 0) is 29.8 Å². The molecule has 1 unspecified atom stereocenters. The Bertz CT molecular complexity index is 602. The third-order valence-electron chi connectivity index (χ3n) is 3.27. The molecule has 0 bridgehead atoms. The largest absolute Gasteiger partial charge is 0.384 e. The van der Waals surface area contributed by atoms with Gasteiger partial charge in [0.2, 0.25) is 0 Å². The average molecular weight is 294 g/mol. The van der Waals surface area contributed by atoms with Gasteiger partial charge in [-0.25, -0.2) is 4.39 Å². The van der Waals surface area contributed by atoms with Crippen molar-refractivity contribution < 1.29 is 4.39 Å². The lowest BCUT2D eigenvalue weighted by atomic mass is 10.0. The highest BCUT2D eigenvalue weighted by Gasteiger charge is 2.22. The first kappa shape index (κ1) is 12.8. The molecule has 0 amide bonds. The first-order chi connectivity index (χ1) is 9.24. The Kier molecular flexibility index (Phi) is 3.67. The summed E-state index contributed by atoms with van der Waals surface area (Å²) in [5, 5.41) is 3.44. The third-order valence-corrected chi connectivity index (χ3v) is 4.83. The van der Waals surface area contributed by atoms with Crippen LogP contribution in [0.3, 0.4) is 0 Å². The molecule has 1 aliphatic rings. The number of anilines is 1. The second-order valence-electron chi connectivity index (χ2n) is 4.56. The molecule has 2 aromatic carbocycles. The standard InChI is InChI=1S/C15H13ClFNS/c16-13-6-5-11(7-14(13)17)18-8-10-9-19-15-4-2-1-3-12(10)15/h1-7,10,18H,8-9H2. The summed E-state index contributed by atoms with van der Waals surface area (Å²) in [4.78, 5) is 1.36. The van der Waals surface area contributed by atoms with Crippen molar-refractivity contribution in [3.63, 3.8) is 0 Å². The van der Waals surface area contributed by atoms with Gasteiger partial charge >= 0.3 is 0 Å². The van der Waals surface area contributed by atoms with Crippen LogP contribution in [0.4, 0.5) is 10.1 Å². The molecule has 0 saturated carbocycles. The molecule has 1 aliphatic heterocycles. The minimum Gasteiger partial charge on any atom is -0.384 e. The molecule has 0 radical (unpaired) electrons. The van der Waals surface area contributed by atoms with Crippen LogP contribution in [0.25, 0.3) is 0 Å². The van der Waals surface area contributed by atoms with Crippen molar-refractivity contribution in [1.82, 2.24) is 0 Å². The van der Waals surface area contributed by atoms with E-state index in [9.17, 15) is 4.39 Å². The summed E-state index contributed by atoms with van der Waals surface area (Å²) in [5.74, 6) is 1.16. The summed E-state index contributed by atoms with van der Waals surface area (Å²) >= 11 is 7.55. The fraction of sp³-hybridized carbons (Fsp3) is 0.200. The van der Waals surface area contributed by atoms with Crippen molar-refractivity contribution in [2.24, 2.45) is 0 Å². The Morgan fingerprint density at radius 3 is 2.95 bits per heavy atom. The van der Waals surface area contributed by atoms with Gasteiger partial charge in [0, 0.05) is 28.8 Å². The quantitative estimate of drug-likeness (QED) is 0.874. The van der Waals surface area contributed by atoms with E-state index in [0.29, 0.717) is 5.92 Å².